The third-order valence-electron chi connectivity index (χ3n) is 4.36. The molecule has 0 N–H and O–H groups in total. The highest BCUT2D eigenvalue weighted by atomic mass is 79.9. The minimum absolute atomic E-state index is 0.0594. The lowest BCUT2D eigenvalue weighted by Gasteiger charge is -2.30. The second-order valence-corrected chi connectivity index (χ2v) is 8.59. The maximum absolute atomic E-state index is 12.4. The number of halogens is 1. The van der Waals surface area contributed by atoms with Crippen molar-refractivity contribution in [1.29, 1.82) is 0 Å². The van der Waals surface area contributed by atoms with Crippen molar-refractivity contribution in [3.8, 4) is 0 Å². The first-order valence-electron chi connectivity index (χ1n) is 9.01. The number of rotatable bonds is 9. The second kappa shape index (κ2) is 9.55. The van der Waals surface area contributed by atoms with Crippen LogP contribution in [0.1, 0.15) is 78.8 Å². The zero-order valence-corrected chi connectivity index (χ0v) is 17.4. The van der Waals surface area contributed by atoms with Crippen LogP contribution in [0.15, 0.2) is 22.8 Å². The Morgan fingerprint density at radius 3 is 2.38 bits per heavy atom. The number of unbranched alkanes of at least 4 members (excludes halogenated alkanes) is 3. The topological polar surface area (TPSA) is 39.2 Å². The van der Waals surface area contributed by atoms with Crippen molar-refractivity contribution < 1.29 is 9.53 Å². The number of ether oxygens (including phenoxy) is 1. The summed E-state index contributed by atoms with van der Waals surface area (Å²) < 4.78 is 6.49. The van der Waals surface area contributed by atoms with Gasteiger partial charge < -0.3 is 4.74 Å². The molecule has 0 aliphatic heterocycles. The van der Waals surface area contributed by atoms with Gasteiger partial charge in [0.2, 0.25) is 0 Å². The molecular formula is C20H32BrNO2. The molecule has 0 amide bonds. The molecule has 136 valence electrons. The lowest BCUT2D eigenvalue weighted by Crippen LogP contribution is -2.35. The molecule has 1 aromatic heterocycles. The first-order valence-corrected chi connectivity index (χ1v) is 9.80. The summed E-state index contributed by atoms with van der Waals surface area (Å²) in [7, 11) is 0. The van der Waals surface area contributed by atoms with E-state index < -0.39 is 5.60 Å². The zero-order chi connectivity index (χ0) is 18.2. The Labute approximate surface area is 155 Å². The highest BCUT2D eigenvalue weighted by Crippen LogP contribution is 2.32. The minimum atomic E-state index is -0.412. The van der Waals surface area contributed by atoms with Crippen molar-refractivity contribution in [3.63, 3.8) is 0 Å². The predicted molar refractivity (Wildman–Crippen MR) is 103 cm³/mol. The van der Waals surface area contributed by atoms with Crippen LogP contribution in [-0.2, 0) is 16.0 Å². The third kappa shape index (κ3) is 7.78. The van der Waals surface area contributed by atoms with Crippen LogP contribution in [0, 0.1) is 5.41 Å². The fraction of sp³-hybridized carbons (Fsp3) is 0.700. The van der Waals surface area contributed by atoms with Gasteiger partial charge in [-0.25, -0.2) is 4.98 Å². The summed E-state index contributed by atoms with van der Waals surface area (Å²) in [6.07, 6.45) is 7.25. The molecule has 24 heavy (non-hydrogen) atoms. The monoisotopic (exact) mass is 397 g/mol. The number of nitrogens with zero attached hydrogens (tertiary/aromatic N) is 1. The Kier molecular flexibility index (Phi) is 8.41. The maximum atomic E-state index is 12.4. The van der Waals surface area contributed by atoms with Gasteiger partial charge in [-0.15, -0.1) is 0 Å². The van der Waals surface area contributed by atoms with E-state index in [0.29, 0.717) is 0 Å². The molecular weight excluding hydrogens is 366 g/mol. The Morgan fingerprint density at radius 1 is 1.12 bits per heavy atom. The van der Waals surface area contributed by atoms with Gasteiger partial charge in [-0.2, -0.15) is 0 Å². The molecule has 0 aromatic carbocycles. The molecule has 0 aliphatic rings. The number of aryl methyl sites for hydroxylation is 1. The molecule has 1 rings (SSSR count). The fourth-order valence-corrected chi connectivity index (χ4v) is 2.97. The number of pyridine rings is 1. The lowest BCUT2D eigenvalue weighted by molar-refractivity contribution is -0.167. The quantitative estimate of drug-likeness (QED) is 0.287. The minimum Gasteiger partial charge on any atom is -0.460 e. The van der Waals surface area contributed by atoms with E-state index in [0.717, 1.165) is 48.8 Å². The number of aromatic nitrogens is 1. The molecule has 4 heteroatoms. The van der Waals surface area contributed by atoms with E-state index in [9.17, 15) is 4.79 Å². The molecule has 1 aromatic rings. The smallest absolute Gasteiger partial charge is 0.312 e. The summed E-state index contributed by atoms with van der Waals surface area (Å²) in [5, 5.41) is 0. The van der Waals surface area contributed by atoms with Gasteiger partial charge >= 0.3 is 5.97 Å². The van der Waals surface area contributed by atoms with E-state index in [-0.39, 0.29) is 11.4 Å². The van der Waals surface area contributed by atoms with Gasteiger partial charge in [0.15, 0.2) is 0 Å². The van der Waals surface area contributed by atoms with Crippen molar-refractivity contribution in [1.82, 2.24) is 4.98 Å². The maximum Gasteiger partial charge on any atom is 0.312 e. The van der Waals surface area contributed by atoms with Crippen LogP contribution in [0.25, 0.3) is 0 Å². The van der Waals surface area contributed by atoms with Gasteiger partial charge in [-0.3, -0.25) is 4.79 Å². The van der Waals surface area contributed by atoms with Crippen molar-refractivity contribution in [2.75, 3.05) is 0 Å². The summed E-state index contributed by atoms with van der Waals surface area (Å²) in [5.74, 6) is -0.0594. The lowest BCUT2D eigenvalue weighted by atomic mass is 9.82. The number of carbonyl (C=O) groups is 1. The van der Waals surface area contributed by atoms with Crippen molar-refractivity contribution in [3.05, 3.63) is 28.5 Å². The van der Waals surface area contributed by atoms with Crippen LogP contribution in [0.2, 0.25) is 0 Å². The molecule has 0 saturated carbocycles. The van der Waals surface area contributed by atoms with Crippen LogP contribution in [0.4, 0.5) is 0 Å². The first-order chi connectivity index (χ1) is 11.2. The Hall–Kier alpha value is -0.900. The molecule has 0 radical (unpaired) electrons. The largest absolute Gasteiger partial charge is 0.460 e. The van der Waals surface area contributed by atoms with Gasteiger partial charge in [0, 0.05) is 5.69 Å². The Morgan fingerprint density at radius 2 is 1.79 bits per heavy atom. The number of carbonyl (C=O) groups excluding carboxylic acids is 1. The molecule has 1 unspecified atom stereocenters. The van der Waals surface area contributed by atoms with E-state index >= 15 is 0 Å². The molecule has 0 aliphatic carbocycles. The number of esters is 1. The van der Waals surface area contributed by atoms with Crippen LogP contribution in [-0.4, -0.2) is 16.6 Å². The van der Waals surface area contributed by atoms with Crippen LogP contribution < -0.4 is 0 Å². The first kappa shape index (κ1) is 21.1. The molecule has 1 heterocycles. The fourth-order valence-electron chi connectivity index (χ4n) is 2.59. The highest BCUT2D eigenvalue weighted by Gasteiger charge is 2.34. The van der Waals surface area contributed by atoms with E-state index in [1.165, 1.54) is 6.42 Å². The second-order valence-electron chi connectivity index (χ2n) is 7.78. The summed E-state index contributed by atoms with van der Waals surface area (Å²) in [4.78, 5) is 16.9. The Bertz CT molecular complexity index is 525. The van der Waals surface area contributed by atoms with Gasteiger partial charge in [0.05, 0.1) is 5.41 Å². The van der Waals surface area contributed by atoms with Gasteiger partial charge in [0.1, 0.15) is 10.2 Å². The summed E-state index contributed by atoms with van der Waals surface area (Å²) in [5.41, 5.74) is 0.361. The molecule has 0 bridgehead atoms. The van der Waals surface area contributed by atoms with Crippen LogP contribution in [0.3, 0.4) is 0 Å². The average Bonchev–Trinajstić information content (AvgIpc) is 2.48. The van der Waals surface area contributed by atoms with Crippen LogP contribution >= 0.6 is 15.9 Å². The SMILES string of the molecule is CCC(C)(CCCCCCc1cccc(Br)n1)C(=O)OC(C)(C)C. The average molecular weight is 398 g/mol. The highest BCUT2D eigenvalue weighted by molar-refractivity contribution is 9.10. The van der Waals surface area contributed by atoms with Crippen molar-refractivity contribution in [2.24, 2.45) is 5.41 Å². The molecule has 3 nitrogen and oxygen atoms in total. The molecule has 0 spiro atoms. The van der Waals surface area contributed by atoms with E-state index in [4.69, 9.17) is 4.74 Å². The van der Waals surface area contributed by atoms with Crippen molar-refractivity contribution in [2.45, 2.75) is 85.2 Å². The third-order valence-corrected chi connectivity index (χ3v) is 4.80. The standard InChI is InChI=1S/C20H32BrNO2/c1-6-20(5,18(23)24-19(2,3)4)15-10-8-7-9-12-16-13-11-14-17(21)22-16/h11,13-14H,6-10,12,15H2,1-5H3. The van der Waals surface area contributed by atoms with E-state index in [1.54, 1.807) is 0 Å². The number of hydrogen-bond acceptors (Lipinski definition) is 3. The molecule has 0 saturated heterocycles. The molecule has 0 fully saturated rings. The van der Waals surface area contributed by atoms with Gasteiger partial charge in [-0.05, 0) is 81.4 Å². The summed E-state index contributed by atoms with van der Waals surface area (Å²) in [6.45, 7) is 9.89. The predicted octanol–water partition coefficient (Wildman–Crippen LogP) is 6.10. The molecule has 1 atom stereocenters. The van der Waals surface area contributed by atoms with Gasteiger partial charge in [0.25, 0.3) is 0 Å². The van der Waals surface area contributed by atoms with E-state index in [1.807, 2.05) is 39.8 Å². The zero-order valence-electron chi connectivity index (χ0n) is 15.8. The number of hydrogen-bond donors (Lipinski definition) is 0. The van der Waals surface area contributed by atoms with Crippen molar-refractivity contribution >= 4 is 21.9 Å². The van der Waals surface area contributed by atoms with Crippen LogP contribution in [0.5, 0.6) is 0 Å². The van der Waals surface area contributed by atoms with Gasteiger partial charge in [-0.1, -0.05) is 32.3 Å². The Balaban J connectivity index is 2.30. The summed E-state index contributed by atoms with van der Waals surface area (Å²) in [6, 6.07) is 6.05. The summed E-state index contributed by atoms with van der Waals surface area (Å²) >= 11 is 3.40. The van der Waals surface area contributed by atoms with E-state index in [2.05, 4.69) is 33.9 Å². The normalized spacial score (nSPS) is 14.2.